The number of rotatable bonds is 6. The standard InChI is InChI=1S/C17H24N2O3/c1-5-15-17(20)19(9-11(2)3)14-8-12(13(18)10-21-4)6-7-16(14)22-15/h6-8,13,15H,2,5,9-10,18H2,1,3-4H3. The van der Waals surface area contributed by atoms with Gasteiger partial charge < -0.3 is 20.1 Å². The van der Waals surface area contributed by atoms with Crippen LogP contribution in [-0.4, -0.2) is 32.3 Å². The highest BCUT2D eigenvalue weighted by Crippen LogP contribution is 2.37. The van der Waals surface area contributed by atoms with Gasteiger partial charge in [-0.05, 0) is 31.0 Å². The van der Waals surface area contributed by atoms with E-state index in [4.69, 9.17) is 15.2 Å². The molecule has 1 amide bonds. The number of nitrogens with two attached hydrogens (primary N) is 1. The third kappa shape index (κ3) is 3.31. The Hall–Kier alpha value is -1.85. The van der Waals surface area contributed by atoms with E-state index in [1.807, 2.05) is 32.0 Å². The molecule has 120 valence electrons. The van der Waals surface area contributed by atoms with Crippen molar-refractivity contribution in [2.24, 2.45) is 5.73 Å². The molecule has 0 saturated heterocycles. The lowest BCUT2D eigenvalue weighted by Gasteiger charge is -2.34. The van der Waals surface area contributed by atoms with Crippen molar-refractivity contribution in [3.63, 3.8) is 0 Å². The van der Waals surface area contributed by atoms with Crippen LogP contribution < -0.4 is 15.4 Å². The topological polar surface area (TPSA) is 64.8 Å². The number of fused-ring (bicyclic) bond motifs is 1. The van der Waals surface area contributed by atoms with Crippen molar-refractivity contribution in [1.82, 2.24) is 0 Å². The molecule has 0 aromatic heterocycles. The first-order valence-corrected chi connectivity index (χ1v) is 7.48. The van der Waals surface area contributed by atoms with Gasteiger partial charge in [0.05, 0.1) is 18.3 Å². The van der Waals surface area contributed by atoms with E-state index in [9.17, 15) is 4.79 Å². The van der Waals surface area contributed by atoms with Crippen LogP contribution >= 0.6 is 0 Å². The number of hydrogen-bond acceptors (Lipinski definition) is 4. The molecule has 0 radical (unpaired) electrons. The Balaban J connectivity index is 2.41. The number of methoxy groups -OCH3 is 1. The summed E-state index contributed by atoms with van der Waals surface area (Å²) in [6.07, 6.45) is 0.195. The average molecular weight is 304 g/mol. The molecule has 22 heavy (non-hydrogen) atoms. The first kappa shape index (κ1) is 16.5. The smallest absolute Gasteiger partial charge is 0.268 e. The van der Waals surface area contributed by atoms with Crippen LogP contribution in [0.4, 0.5) is 5.69 Å². The first-order valence-electron chi connectivity index (χ1n) is 7.48. The predicted octanol–water partition coefficient (Wildman–Crippen LogP) is 2.41. The second kappa shape index (κ2) is 6.94. The fraction of sp³-hybridized carbons (Fsp3) is 0.471. The molecule has 1 heterocycles. The molecular weight excluding hydrogens is 280 g/mol. The van der Waals surface area contributed by atoms with E-state index in [2.05, 4.69) is 6.58 Å². The van der Waals surface area contributed by atoms with Crippen molar-refractivity contribution >= 4 is 11.6 Å². The van der Waals surface area contributed by atoms with Crippen molar-refractivity contribution in [3.05, 3.63) is 35.9 Å². The highest BCUT2D eigenvalue weighted by atomic mass is 16.5. The van der Waals surface area contributed by atoms with E-state index in [0.717, 1.165) is 16.8 Å². The Bertz CT molecular complexity index is 571. The minimum Gasteiger partial charge on any atom is -0.478 e. The summed E-state index contributed by atoms with van der Waals surface area (Å²) < 4.78 is 10.9. The predicted molar refractivity (Wildman–Crippen MR) is 87.1 cm³/mol. The van der Waals surface area contributed by atoms with E-state index in [1.54, 1.807) is 12.0 Å². The van der Waals surface area contributed by atoms with E-state index in [0.29, 0.717) is 25.3 Å². The van der Waals surface area contributed by atoms with Crippen LogP contribution in [0.15, 0.2) is 30.4 Å². The molecule has 1 aromatic carbocycles. The largest absolute Gasteiger partial charge is 0.478 e. The number of hydrogen-bond donors (Lipinski definition) is 1. The molecule has 0 spiro atoms. The van der Waals surface area contributed by atoms with Gasteiger partial charge >= 0.3 is 0 Å². The van der Waals surface area contributed by atoms with Gasteiger partial charge in [0.2, 0.25) is 0 Å². The SMILES string of the molecule is C=C(C)CN1C(=O)C(CC)Oc2ccc(C(N)COC)cc21. The second-order valence-electron chi connectivity index (χ2n) is 5.69. The van der Waals surface area contributed by atoms with Crippen molar-refractivity contribution in [3.8, 4) is 5.75 Å². The Morgan fingerprint density at radius 3 is 2.86 bits per heavy atom. The molecule has 1 aromatic rings. The summed E-state index contributed by atoms with van der Waals surface area (Å²) in [5.74, 6) is 0.677. The molecule has 2 rings (SSSR count). The number of nitrogens with zero attached hydrogens (tertiary/aromatic N) is 1. The monoisotopic (exact) mass is 304 g/mol. The van der Waals surface area contributed by atoms with Gasteiger partial charge in [-0.2, -0.15) is 0 Å². The normalized spacial score (nSPS) is 18.6. The zero-order chi connectivity index (χ0) is 16.3. The summed E-state index contributed by atoms with van der Waals surface area (Å²) in [4.78, 5) is 14.3. The first-order chi connectivity index (χ1) is 10.5. The van der Waals surface area contributed by atoms with E-state index >= 15 is 0 Å². The third-order valence-electron chi connectivity index (χ3n) is 3.66. The van der Waals surface area contributed by atoms with Gasteiger partial charge in [-0.1, -0.05) is 25.1 Å². The lowest BCUT2D eigenvalue weighted by atomic mass is 10.0. The van der Waals surface area contributed by atoms with Crippen LogP contribution in [0.5, 0.6) is 5.75 Å². The molecule has 2 N–H and O–H groups in total. The van der Waals surface area contributed by atoms with E-state index in [1.165, 1.54) is 0 Å². The maximum Gasteiger partial charge on any atom is 0.268 e. The Morgan fingerprint density at radius 2 is 2.27 bits per heavy atom. The lowest BCUT2D eigenvalue weighted by molar-refractivity contribution is -0.126. The van der Waals surface area contributed by atoms with Gasteiger partial charge in [0, 0.05) is 13.7 Å². The zero-order valence-corrected chi connectivity index (χ0v) is 13.5. The van der Waals surface area contributed by atoms with Gasteiger partial charge in [-0.15, -0.1) is 0 Å². The van der Waals surface area contributed by atoms with E-state index in [-0.39, 0.29) is 11.9 Å². The van der Waals surface area contributed by atoms with Crippen LogP contribution in [0.1, 0.15) is 31.9 Å². The maximum absolute atomic E-state index is 12.6. The highest BCUT2D eigenvalue weighted by Gasteiger charge is 2.33. The summed E-state index contributed by atoms with van der Waals surface area (Å²) in [7, 11) is 1.62. The molecule has 1 aliphatic heterocycles. The van der Waals surface area contributed by atoms with Gasteiger partial charge in [-0.3, -0.25) is 4.79 Å². The molecule has 0 fully saturated rings. The maximum atomic E-state index is 12.6. The molecule has 0 bridgehead atoms. The van der Waals surface area contributed by atoms with Crippen LogP contribution in [0.25, 0.3) is 0 Å². The minimum atomic E-state index is -0.439. The van der Waals surface area contributed by atoms with Crippen LogP contribution in [0.2, 0.25) is 0 Å². The van der Waals surface area contributed by atoms with Crippen LogP contribution in [0.3, 0.4) is 0 Å². The Kier molecular flexibility index (Phi) is 5.21. The number of anilines is 1. The molecule has 5 nitrogen and oxygen atoms in total. The number of benzene rings is 1. The fourth-order valence-electron chi connectivity index (χ4n) is 2.54. The molecule has 0 saturated carbocycles. The van der Waals surface area contributed by atoms with Crippen LogP contribution in [-0.2, 0) is 9.53 Å². The molecule has 2 atom stereocenters. The highest BCUT2D eigenvalue weighted by molar-refractivity contribution is 6.00. The number of ether oxygens (including phenoxy) is 2. The molecule has 0 aliphatic carbocycles. The van der Waals surface area contributed by atoms with Gasteiger partial charge in [0.1, 0.15) is 5.75 Å². The summed E-state index contributed by atoms with van der Waals surface area (Å²) in [6, 6.07) is 5.47. The number of amides is 1. The van der Waals surface area contributed by atoms with E-state index < -0.39 is 6.10 Å². The molecule has 2 unspecified atom stereocenters. The molecular formula is C17H24N2O3. The van der Waals surface area contributed by atoms with Crippen molar-refractivity contribution < 1.29 is 14.3 Å². The fourth-order valence-corrected chi connectivity index (χ4v) is 2.54. The molecule has 1 aliphatic rings. The Morgan fingerprint density at radius 1 is 1.55 bits per heavy atom. The quantitative estimate of drug-likeness (QED) is 0.820. The lowest BCUT2D eigenvalue weighted by Crippen LogP contribution is -2.46. The summed E-state index contributed by atoms with van der Waals surface area (Å²) >= 11 is 0. The molecule has 5 heteroatoms. The Labute approximate surface area is 131 Å². The van der Waals surface area contributed by atoms with Crippen molar-refractivity contribution in [1.29, 1.82) is 0 Å². The summed E-state index contributed by atoms with van der Waals surface area (Å²) in [6.45, 7) is 8.66. The van der Waals surface area contributed by atoms with Crippen molar-refractivity contribution in [2.45, 2.75) is 32.4 Å². The van der Waals surface area contributed by atoms with Gasteiger partial charge in [0.25, 0.3) is 5.91 Å². The third-order valence-corrected chi connectivity index (χ3v) is 3.66. The number of carbonyl (C=O) groups excluding carboxylic acids is 1. The summed E-state index contributed by atoms with van der Waals surface area (Å²) in [5, 5.41) is 0. The van der Waals surface area contributed by atoms with Crippen molar-refractivity contribution in [2.75, 3.05) is 25.2 Å². The minimum absolute atomic E-state index is 0.0320. The van der Waals surface area contributed by atoms with Gasteiger partial charge in [-0.25, -0.2) is 0 Å². The van der Waals surface area contributed by atoms with Gasteiger partial charge in [0.15, 0.2) is 6.10 Å². The average Bonchev–Trinajstić information content (AvgIpc) is 2.49. The van der Waals surface area contributed by atoms with Crippen LogP contribution in [0, 0.1) is 0 Å². The second-order valence-corrected chi connectivity index (χ2v) is 5.69. The number of carbonyl (C=O) groups is 1. The summed E-state index contributed by atoms with van der Waals surface area (Å²) in [5.41, 5.74) is 8.67. The zero-order valence-electron chi connectivity index (χ0n) is 13.5.